The zero-order valence-corrected chi connectivity index (χ0v) is 20.1. The number of piperidine rings is 1. The average Bonchev–Trinajstić information content (AvgIpc) is 2.87. The predicted octanol–water partition coefficient (Wildman–Crippen LogP) is 5.67. The molecule has 0 aliphatic carbocycles. The summed E-state index contributed by atoms with van der Waals surface area (Å²) < 4.78 is 20.7. The van der Waals surface area contributed by atoms with Crippen molar-refractivity contribution < 1.29 is 14.2 Å². The van der Waals surface area contributed by atoms with Gasteiger partial charge in [-0.3, -0.25) is 9.88 Å². The van der Waals surface area contributed by atoms with Gasteiger partial charge in [0.1, 0.15) is 11.9 Å². The predicted molar refractivity (Wildman–Crippen MR) is 135 cm³/mol. The quantitative estimate of drug-likeness (QED) is 0.442. The van der Waals surface area contributed by atoms with Crippen molar-refractivity contribution in [3.05, 3.63) is 70.9 Å². The minimum atomic E-state index is -1.08. The molecule has 0 bridgehead atoms. The number of ether oxygens (including phenoxy) is 1. The number of benzene rings is 2. The number of alkyl halides is 1. The van der Waals surface area contributed by atoms with Gasteiger partial charge in [-0.05, 0) is 85.7 Å². The molecule has 178 valence electrons. The Labute approximate surface area is 205 Å². The molecule has 1 N–H and O–H groups in total. The van der Waals surface area contributed by atoms with E-state index >= 15 is 4.39 Å². The SMILES string of the molecule is COc1ccc2nccc([C@H](F)CC[C@@H]3CCN(CC#Cc4cccc(Cl)c4)C[C@@H]3CO)c2c1. The number of aliphatic hydroxyl groups excluding tert-OH is 1. The van der Waals surface area contributed by atoms with E-state index in [1.165, 1.54) is 0 Å². The molecule has 6 heteroatoms. The number of fused-ring (bicyclic) bond motifs is 1. The molecule has 1 aromatic heterocycles. The van der Waals surface area contributed by atoms with Crippen LogP contribution in [0.2, 0.25) is 5.02 Å². The summed E-state index contributed by atoms with van der Waals surface area (Å²) >= 11 is 6.02. The van der Waals surface area contributed by atoms with E-state index in [9.17, 15) is 5.11 Å². The Morgan fingerprint density at radius 3 is 2.91 bits per heavy atom. The van der Waals surface area contributed by atoms with E-state index in [4.69, 9.17) is 16.3 Å². The number of aromatic nitrogens is 1. The Balaban J connectivity index is 1.34. The van der Waals surface area contributed by atoms with Crippen LogP contribution in [-0.2, 0) is 0 Å². The van der Waals surface area contributed by atoms with Crippen LogP contribution in [0.5, 0.6) is 5.75 Å². The van der Waals surface area contributed by atoms with Crippen molar-refractivity contribution in [2.75, 3.05) is 33.4 Å². The molecule has 3 aromatic rings. The molecule has 0 unspecified atom stereocenters. The second-order valence-corrected chi connectivity index (χ2v) is 9.30. The summed E-state index contributed by atoms with van der Waals surface area (Å²) in [4.78, 5) is 6.62. The lowest BCUT2D eigenvalue weighted by Crippen LogP contribution is -2.42. The summed E-state index contributed by atoms with van der Waals surface area (Å²) in [5, 5.41) is 11.5. The molecule has 2 aromatic carbocycles. The smallest absolute Gasteiger partial charge is 0.126 e. The number of rotatable bonds is 7. The largest absolute Gasteiger partial charge is 0.497 e. The second-order valence-electron chi connectivity index (χ2n) is 8.87. The van der Waals surface area contributed by atoms with E-state index in [1.807, 2.05) is 42.5 Å². The summed E-state index contributed by atoms with van der Waals surface area (Å²) in [6, 6.07) is 14.8. The summed E-state index contributed by atoms with van der Waals surface area (Å²) in [7, 11) is 1.61. The number of aliphatic hydroxyl groups is 1. The third-order valence-corrected chi connectivity index (χ3v) is 6.92. The van der Waals surface area contributed by atoms with Crippen LogP contribution in [0, 0.1) is 23.7 Å². The Kier molecular flexibility index (Phi) is 8.39. The van der Waals surface area contributed by atoms with Crippen LogP contribution >= 0.6 is 11.6 Å². The summed E-state index contributed by atoms with van der Waals surface area (Å²) in [6.45, 7) is 2.43. The van der Waals surface area contributed by atoms with Gasteiger partial charge in [0.05, 0.1) is 19.2 Å². The maximum absolute atomic E-state index is 15.4. The molecule has 34 heavy (non-hydrogen) atoms. The lowest BCUT2D eigenvalue weighted by atomic mass is 9.81. The molecular weight excluding hydrogens is 451 g/mol. The summed E-state index contributed by atoms with van der Waals surface area (Å²) in [5.74, 6) is 7.49. The maximum Gasteiger partial charge on any atom is 0.126 e. The highest BCUT2D eigenvalue weighted by molar-refractivity contribution is 6.30. The van der Waals surface area contributed by atoms with E-state index in [0.717, 1.165) is 42.4 Å². The molecule has 4 nitrogen and oxygen atoms in total. The number of likely N-dealkylation sites (tertiary alicyclic amines) is 1. The third-order valence-electron chi connectivity index (χ3n) is 6.68. The van der Waals surface area contributed by atoms with Crippen LogP contribution in [-0.4, -0.2) is 48.3 Å². The van der Waals surface area contributed by atoms with Gasteiger partial charge < -0.3 is 9.84 Å². The molecule has 0 spiro atoms. The summed E-state index contributed by atoms with van der Waals surface area (Å²) in [6.07, 6.45) is 2.67. The van der Waals surface area contributed by atoms with Crippen molar-refractivity contribution in [2.45, 2.75) is 25.4 Å². The van der Waals surface area contributed by atoms with Gasteiger partial charge in [-0.25, -0.2) is 4.39 Å². The minimum absolute atomic E-state index is 0.106. The first-order chi connectivity index (χ1) is 16.6. The Morgan fingerprint density at radius 1 is 1.24 bits per heavy atom. The number of nitrogens with zero attached hydrogens (tertiary/aromatic N) is 2. The molecule has 0 saturated carbocycles. The molecule has 0 amide bonds. The molecule has 0 radical (unpaired) electrons. The fourth-order valence-electron chi connectivity index (χ4n) is 4.77. The Hall–Kier alpha value is -2.65. The topological polar surface area (TPSA) is 45.6 Å². The molecular formula is C28H30ClFN2O2. The number of hydrogen-bond acceptors (Lipinski definition) is 4. The molecule has 3 atom stereocenters. The van der Waals surface area contributed by atoms with Crippen molar-refractivity contribution in [3.63, 3.8) is 0 Å². The molecule has 1 saturated heterocycles. The lowest BCUT2D eigenvalue weighted by molar-refractivity contribution is 0.0708. The van der Waals surface area contributed by atoms with E-state index < -0.39 is 6.17 Å². The van der Waals surface area contributed by atoms with Crippen molar-refractivity contribution in [2.24, 2.45) is 11.8 Å². The van der Waals surface area contributed by atoms with Crippen LogP contribution in [0.1, 0.15) is 36.6 Å². The highest BCUT2D eigenvalue weighted by Crippen LogP contribution is 2.35. The van der Waals surface area contributed by atoms with Gasteiger partial charge in [-0.2, -0.15) is 0 Å². The Morgan fingerprint density at radius 2 is 2.12 bits per heavy atom. The molecule has 1 fully saturated rings. The van der Waals surface area contributed by atoms with Crippen LogP contribution in [0.15, 0.2) is 54.7 Å². The number of pyridine rings is 1. The highest BCUT2D eigenvalue weighted by atomic mass is 35.5. The van der Waals surface area contributed by atoms with Crippen molar-refractivity contribution >= 4 is 22.5 Å². The van der Waals surface area contributed by atoms with Gasteiger partial charge in [-0.15, -0.1) is 0 Å². The summed E-state index contributed by atoms with van der Waals surface area (Å²) in [5.41, 5.74) is 2.32. The fourth-order valence-corrected chi connectivity index (χ4v) is 4.96. The number of halogens is 2. The zero-order valence-electron chi connectivity index (χ0n) is 19.4. The van der Waals surface area contributed by atoms with E-state index in [-0.39, 0.29) is 12.5 Å². The normalized spacial score (nSPS) is 19.4. The van der Waals surface area contributed by atoms with E-state index in [0.29, 0.717) is 35.2 Å². The number of methoxy groups -OCH3 is 1. The lowest BCUT2D eigenvalue weighted by Gasteiger charge is -2.37. The van der Waals surface area contributed by atoms with Crippen LogP contribution < -0.4 is 4.74 Å². The van der Waals surface area contributed by atoms with Gasteiger partial charge in [0.15, 0.2) is 0 Å². The average molecular weight is 481 g/mol. The van der Waals surface area contributed by atoms with E-state index in [1.54, 1.807) is 19.4 Å². The maximum atomic E-state index is 15.4. The first kappa shape index (κ1) is 24.5. The number of hydrogen-bond donors (Lipinski definition) is 1. The highest BCUT2D eigenvalue weighted by Gasteiger charge is 2.29. The second kappa shape index (κ2) is 11.7. The van der Waals surface area contributed by atoms with Crippen molar-refractivity contribution in [1.29, 1.82) is 0 Å². The molecule has 1 aliphatic heterocycles. The van der Waals surface area contributed by atoms with Crippen LogP contribution in [0.3, 0.4) is 0 Å². The zero-order chi connectivity index (χ0) is 23.9. The molecule has 1 aliphatic rings. The van der Waals surface area contributed by atoms with E-state index in [2.05, 4.69) is 21.7 Å². The van der Waals surface area contributed by atoms with Crippen LogP contribution in [0.4, 0.5) is 4.39 Å². The molecule has 2 heterocycles. The van der Waals surface area contributed by atoms with Crippen molar-refractivity contribution in [1.82, 2.24) is 9.88 Å². The minimum Gasteiger partial charge on any atom is -0.497 e. The van der Waals surface area contributed by atoms with Gasteiger partial charge in [-0.1, -0.05) is 29.5 Å². The van der Waals surface area contributed by atoms with Crippen molar-refractivity contribution in [3.8, 4) is 17.6 Å². The Bertz CT molecular complexity index is 1180. The fraction of sp³-hybridized carbons (Fsp3) is 0.393. The standard InChI is InChI=1S/C28H30ClFN2O2/c1-34-24-8-10-28-26(17-24)25(11-13-31-28)27(30)9-7-21-12-15-32(18-22(21)19-33)14-3-5-20-4-2-6-23(29)16-20/h2,4,6,8,10-11,13,16-17,21-22,27,33H,7,9,12,14-15,18-19H2,1H3/t21-,22-,27-/m1/s1. The first-order valence-corrected chi connectivity index (χ1v) is 12.1. The first-order valence-electron chi connectivity index (χ1n) is 11.7. The third kappa shape index (κ3) is 6.07. The van der Waals surface area contributed by atoms with Gasteiger partial charge >= 0.3 is 0 Å². The van der Waals surface area contributed by atoms with Gasteiger partial charge in [0, 0.05) is 35.3 Å². The van der Waals surface area contributed by atoms with Gasteiger partial charge in [0.25, 0.3) is 0 Å². The molecule has 4 rings (SSSR count). The van der Waals surface area contributed by atoms with Crippen LogP contribution in [0.25, 0.3) is 10.9 Å². The van der Waals surface area contributed by atoms with Gasteiger partial charge in [0.2, 0.25) is 0 Å². The monoisotopic (exact) mass is 480 g/mol.